The molecule has 0 fully saturated rings. The van der Waals surface area contributed by atoms with Gasteiger partial charge >= 0.3 is 0 Å². The largest absolute Gasteiger partial charge is 0.309 e. The van der Waals surface area contributed by atoms with Crippen LogP contribution in [0.4, 0.5) is 0 Å². The van der Waals surface area contributed by atoms with Gasteiger partial charge in [-0.1, -0.05) is 41.4 Å². The van der Waals surface area contributed by atoms with Gasteiger partial charge in [0.05, 0.1) is 0 Å². The molecular formula is C16H13Cl2NO. The number of nitrogens with one attached hydrogen (secondary N) is 1. The van der Waals surface area contributed by atoms with Gasteiger partial charge in [-0.25, -0.2) is 0 Å². The molecule has 1 N–H and O–H groups in total. The topological polar surface area (TPSA) is 29.1 Å². The molecule has 1 heterocycles. The molecule has 0 aliphatic carbocycles. The minimum atomic E-state index is 0.0731. The fourth-order valence-electron chi connectivity index (χ4n) is 2.41. The standard InChI is InChI=1S/C16H13Cl2NO/c17-14-4-3-10(15(18)7-14)6-16(20)11-1-2-12-8-19-9-13(12)5-11/h1-5,7,19H,6,8-9H2. The summed E-state index contributed by atoms with van der Waals surface area (Å²) in [4.78, 5) is 12.3. The van der Waals surface area contributed by atoms with Crippen LogP contribution in [0.1, 0.15) is 27.0 Å². The number of fused-ring (bicyclic) bond motifs is 1. The predicted octanol–water partition coefficient (Wildman–Crippen LogP) is 4.02. The summed E-state index contributed by atoms with van der Waals surface area (Å²) < 4.78 is 0. The van der Waals surface area contributed by atoms with E-state index in [2.05, 4.69) is 5.32 Å². The molecule has 0 atom stereocenters. The Morgan fingerprint density at radius 2 is 1.85 bits per heavy atom. The monoisotopic (exact) mass is 305 g/mol. The lowest BCUT2D eigenvalue weighted by Gasteiger charge is -2.06. The van der Waals surface area contributed by atoms with Crippen LogP contribution in [-0.4, -0.2) is 5.78 Å². The molecule has 2 aromatic rings. The quantitative estimate of drug-likeness (QED) is 0.868. The Hall–Kier alpha value is -1.35. The van der Waals surface area contributed by atoms with E-state index in [-0.39, 0.29) is 5.78 Å². The number of ketones is 1. The number of Topliss-reactive ketones (excluding diaryl/α,β-unsaturated/α-hetero) is 1. The summed E-state index contributed by atoms with van der Waals surface area (Å²) >= 11 is 12.0. The first-order valence-corrected chi connectivity index (χ1v) is 7.19. The molecule has 0 saturated heterocycles. The third-order valence-electron chi connectivity index (χ3n) is 3.53. The fraction of sp³-hybridized carbons (Fsp3) is 0.188. The molecule has 0 saturated carbocycles. The van der Waals surface area contributed by atoms with Gasteiger partial charge in [-0.2, -0.15) is 0 Å². The average molecular weight is 306 g/mol. The van der Waals surface area contributed by atoms with Gasteiger partial charge in [0, 0.05) is 35.1 Å². The van der Waals surface area contributed by atoms with Crippen LogP contribution in [0.5, 0.6) is 0 Å². The first-order chi connectivity index (χ1) is 9.63. The van der Waals surface area contributed by atoms with Crippen LogP contribution in [0.3, 0.4) is 0 Å². The number of rotatable bonds is 3. The zero-order valence-corrected chi connectivity index (χ0v) is 12.3. The van der Waals surface area contributed by atoms with E-state index in [1.807, 2.05) is 18.2 Å². The molecule has 20 heavy (non-hydrogen) atoms. The van der Waals surface area contributed by atoms with E-state index in [0.29, 0.717) is 16.5 Å². The van der Waals surface area contributed by atoms with Crippen molar-refractivity contribution in [3.05, 3.63) is 68.7 Å². The highest BCUT2D eigenvalue weighted by atomic mass is 35.5. The lowest BCUT2D eigenvalue weighted by atomic mass is 9.99. The summed E-state index contributed by atoms with van der Waals surface area (Å²) in [5.41, 5.74) is 4.02. The molecule has 0 radical (unpaired) electrons. The molecule has 2 aromatic carbocycles. The summed E-state index contributed by atoms with van der Waals surface area (Å²) in [6, 6.07) is 11.1. The summed E-state index contributed by atoms with van der Waals surface area (Å²) in [5, 5.41) is 4.39. The van der Waals surface area contributed by atoms with Crippen molar-refractivity contribution in [1.29, 1.82) is 0 Å². The van der Waals surface area contributed by atoms with Crippen LogP contribution in [-0.2, 0) is 19.5 Å². The van der Waals surface area contributed by atoms with E-state index in [9.17, 15) is 4.79 Å². The number of carbonyl (C=O) groups is 1. The summed E-state index contributed by atoms with van der Waals surface area (Å²) in [6.07, 6.45) is 0.294. The maximum absolute atomic E-state index is 12.3. The molecule has 1 aliphatic heterocycles. The molecule has 4 heteroatoms. The summed E-state index contributed by atoms with van der Waals surface area (Å²) in [7, 11) is 0. The smallest absolute Gasteiger partial charge is 0.167 e. The molecule has 3 rings (SSSR count). The van der Waals surface area contributed by atoms with E-state index in [0.717, 1.165) is 24.2 Å². The summed E-state index contributed by atoms with van der Waals surface area (Å²) in [5.74, 6) is 0.0731. The Morgan fingerprint density at radius 3 is 2.65 bits per heavy atom. The summed E-state index contributed by atoms with van der Waals surface area (Å²) in [6.45, 7) is 1.71. The number of carbonyl (C=O) groups excluding carboxylic acids is 1. The number of hydrogen-bond donors (Lipinski definition) is 1. The minimum Gasteiger partial charge on any atom is -0.309 e. The van der Waals surface area contributed by atoms with E-state index in [1.54, 1.807) is 18.2 Å². The van der Waals surface area contributed by atoms with Crippen molar-refractivity contribution in [2.45, 2.75) is 19.5 Å². The molecule has 0 bridgehead atoms. The Balaban J connectivity index is 1.82. The predicted molar refractivity (Wildman–Crippen MR) is 81.5 cm³/mol. The van der Waals surface area contributed by atoms with Gasteiger partial charge in [0.1, 0.15) is 0 Å². The van der Waals surface area contributed by atoms with Crippen molar-refractivity contribution in [3.8, 4) is 0 Å². The number of hydrogen-bond acceptors (Lipinski definition) is 2. The van der Waals surface area contributed by atoms with Crippen LogP contribution in [0.2, 0.25) is 10.0 Å². The second-order valence-electron chi connectivity index (χ2n) is 4.92. The lowest BCUT2D eigenvalue weighted by molar-refractivity contribution is 0.0993. The zero-order chi connectivity index (χ0) is 14.1. The van der Waals surface area contributed by atoms with Gasteiger partial charge in [0.2, 0.25) is 0 Å². The first-order valence-electron chi connectivity index (χ1n) is 6.43. The Kier molecular flexibility index (Phi) is 3.79. The van der Waals surface area contributed by atoms with E-state index in [1.165, 1.54) is 11.1 Å². The van der Waals surface area contributed by atoms with Crippen molar-refractivity contribution in [3.63, 3.8) is 0 Å². The second-order valence-corrected chi connectivity index (χ2v) is 5.77. The van der Waals surface area contributed by atoms with Gasteiger partial charge in [0.15, 0.2) is 5.78 Å². The minimum absolute atomic E-state index is 0.0731. The first kappa shape index (κ1) is 13.6. The van der Waals surface area contributed by atoms with Crippen LogP contribution >= 0.6 is 23.2 Å². The van der Waals surface area contributed by atoms with Crippen molar-refractivity contribution in [1.82, 2.24) is 5.32 Å². The Bertz CT molecular complexity index is 682. The normalized spacial score (nSPS) is 13.3. The van der Waals surface area contributed by atoms with Gasteiger partial charge in [-0.3, -0.25) is 4.79 Å². The average Bonchev–Trinajstić information content (AvgIpc) is 2.89. The van der Waals surface area contributed by atoms with Crippen molar-refractivity contribution >= 4 is 29.0 Å². The second kappa shape index (κ2) is 5.57. The van der Waals surface area contributed by atoms with Crippen molar-refractivity contribution in [2.24, 2.45) is 0 Å². The van der Waals surface area contributed by atoms with E-state index >= 15 is 0 Å². The van der Waals surface area contributed by atoms with Crippen LogP contribution in [0.15, 0.2) is 36.4 Å². The number of halogens is 2. The van der Waals surface area contributed by atoms with Gasteiger partial charge in [-0.05, 0) is 34.9 Å². The van der Waals surface area contributed by atoms with E-state index < -0.39 is 0 Å². The van der Waals surface area contributed by atoms with Crippen molar-refractivity contribution in [2.75, 3.05) is 0 Å². The Morgan fingerprint density at radius 1 is 1.05 bits per heavy atom. The molecule has 0 amide bonds. The molecule has 2 nitrogen and oxygen atoms in total. The van der Waals surface area contributed by atoms with Crippen LogP contribution in [0, 0.1) is 0 Å². The maximum atomic E-state index is 12.3. The van der Waals surface area contributed by atoms with Gasteiger partial charge in [0.25, 0.3) is 0 Å². The highest BCUT2D eigenvalue weighted by Crippen LogP contribution is 2.23. The molecule has 0 spiro atoms. The lowest BCUT2D eigenvalue weighted by Crippen LogP contribution is -2.05. The third-order valence-corrected chi connectivity index (χ3v) is 4.11. The molecular weight excluding hydrogens is 293 g/mol. The molecule has 0 aromatic heterocycles. The van der Waals surface area contributed by atoms with Crippen LogP contribution in [0.25, 0.3) is 0 Å². The third kappa shape index (κ3) is 2.73. The van der Waals surface area contributed by atoms with Gasteiger partial charge in [-0.15, -0.1) is 0 Å². The molecule has 0 unspecified atom stereocenters. The molecule has 102 valence electrons. The SMILES string of the molecule is O=C(Cc1ccc(Cl)cc1Cl)c1ccc2c(c1)CNC2. The van der Waals surface area contributed by atoms with E-state index in [4.69, 9.17) is 23.2 Å². The number of benzene rings is 2. The maximum Gasteiger partial charge on any atom is 0.167 e. The highest BCUT2D eigenvalue weighted by molar-refractivity contribution is 6.35. The highest BCUT2D eigenvalue weighted by Gasteiger charge is 2.14. The fourth-order valence-corrected chi connectivity index (χ4v) is 2.88. The van der Waals surface area contributed by atoms with Crippen LogP contribution < -0.4 is 5.32 Å². The Labute approximate surface area is 127 Å². The molecule has 1 aliphatic rings. The van der Waals surface area contributed by atoms with Gasteiger partial charge < -0.3 is 5.32 Å². The zero-order valence-electron chi connectivity index (χ0n) is 10.7. The van der Waals surface area contributed by atoms with Crippen molar-refractivity contribution < 1.29 is 4.79 Å².